The van der Waals surface area contributed by atoms with Crippen molar-refractivity contribution in [3.63, 3.8) is 0 Å². The summed E-state index contributed by atoms with van der Waals surface area (Å²) in [5.74, 6) is -0.753. The fourth-order valence-corrected chi connectivity index (χ4v) is 2.95. The van der Waals surface area contributed by atoms with Crippen molar-refractivity contribution in [1.29, 1.82) is 0 Å². The molecule has 1 aromatic carbocycles. The standard InChI is InChI=1S/C19H27N3O3/c20-12-7-3-1-2-4-8-13-21-17(23)11-14-22-18(24)15-9-5-6-10-16(15)19(22)25/h5-6,9-10H,1-4,7-8,11-14,20H2,(H,21,23). The molecule has 0 saturated carbocycles. The van der Waals surface area contributed by atoms with E-state index >= 15 is 0 Å². The molecular formula is C19H27N3O3. The summed E-state index contributed by atoms with van der Waals surface area (Å²) in [6.45, 7) is 1.51. The zero-order chi connectivity index (χ0) is 18.1. The molecule has 25 heavy (non-hydrogen) atoms. The number of nitrogens with two attached hydrogens (primary N) is 1. The van der Waals surface area contributed by atoms with Gasteiger partial charge in [-0.3, -0.25) is 19.3 Å². The Labute approximate surface area is 148 Å². The average Bonchev–Trinajstić information content (AvgIpc) is 2.87. The van der Waals surface area contributed by atoms with E-state index in [0.717, 1.165) is 37.1 Å². The van der Waals surface area contributed by atoms with Crippen LogP contribution in [0.1, 0.15) is 65.7 Å². The van der Waals surface area contributed by atoms with E-state index in [-0.39, 0.29) is 30.7 Å². The number of carbonyl (C=O) groups excluding carboxylic acids is 3. The predicted octanol–water partition coefficient (Wildman–Crippen LogP) is 2.09. The highest BCUT2D eigenvalue weighted by Crippen LogP contribution is 2.22. The second-order valence-electron chi connectivity index (χ2n) is 6.32. The van der Waals surface area contributed by atoms with E-state index in [0.29, 0.717) is 17.7 Å². The first-order valence-corrected chi connectivity index (χ1v) is 9.07. The van der Waals surface area contributed by atoms with Gasteiger partial charge >= 0.3 is 0 Å². The van der Waals surface area contributed by atoms with Crippen LogP contribution >= 0.6 is 0 Å². The van der Waals surface area contributed by atoms with Gasteiger partial charge in [-0.1, -0.05) is 37.8 Å². The van der Waals surface area contributed by atoms with Crippen molar-refractivity contribution in [2.24, 2.45) is 5.73 Å². The van der Waals surface area contributed by atoms with Crippen LogP contribution in [0, 0.1) is 0 Å². The predicted molar refractivity (Wildman–Crippen MR) is 96.2 cm³/mol. The lowest BCUT2D eigenvalue weighted by Crippen LogP contribution is -2.34. The molecule has 0 radical (unpaired) electrons. The van der Waals surface area contributed by atoms with Gasteiger partial charge in [-0.25, -0.2) is 0 Å². The summed E-state index contributed by atoms with van der Waals surface area (Å²) in [6.07, 6.45) is 6.76. The monoisotopic (exact) mass is 345 g/mol. The number of hydrogen-bond donors (Lipinski definition) is 2. The van der Waals surface area contributed by atoms with Crippen LogP contribution in [-0.2, 0) is 4.79 Å². The zero-order valence-corrected chi connectivity index (χ0v) is 14.6. The van der Waals surface area contributed by atoms with E-state index in [4.69, 9.17) is 5.73 Å². The third-order valence-corrected chi connectivity index (χ3v) is 4.39. The van der Waals surface area contributed by atoms with Crippen LogP contribution in [0.15, 0.2) is 24.3 Å². The van der Waals surface area contributed by atoms with Gasteiger partial charge in [0.05, 0.1) is 11.1 Å². The van der Waals surface area contributed by atoms with Gasteiger partial charge < -0.3 is 11.1 Å². The fourth-order valence-electron chi connectivity index (χ4n) is 2.95. The third-order valence-electron chi connectivity index (χ3n) is 4.39. The van der Waals surface area contributed by atoms with Crippen molar-refractivity contribution in [2.45, 2.75) is 44.9 Å². The number of carbonyl (C=O) groups is 3. The molecule has 1 aliphatic rings. The van der Waals surface area contributed by atoms with Gasteiger partial charge in [0, 0.05) is 19.5 Å². The molecule has 136 valence electrons. The summed E-state index contributed by atoms with van der Waals surface area (Å²) in [7, 11) is 0. The molecule has 0 saturated heterocycles. The van der Waals surface area contributed by atoms with Crippen molar-refractivity contribution in [3.8, 4) is 0 Å². The molecule has 0 bridgehead atoms. The van der Waals surface area contributed by atoms with Crippen LogP contribution < -0.4 is 11.1 Å². The maximum atomic E-state index is 12.2. The summed E-state index contributed by atoms with van der Waals surface area (Å²) < 4.78 is 0. The molecule has 1 aliphatic heterocycles. The summed E-state index contributed by atoms with van der Waals surface area (Å²) in [5, 5.41) is 2.85. The first-order valence-electron chi connectivity index (χ1n) is 9.07. The highest BCUT2D eigenvalue weighted by Gasteiger charge is 2.34. The normalized spacial score (nSPS) is 13.2. The lowest BCUT2D eigenvalue weighted by Gasteiger charge is -2.13. The molecule has 0 fully saturated rings. The Morgan fingerprint density at radius 2 is 1.48 bits per heavy atom. The van der Waals surface area contributed by atoms with Crippen LogP contribution in [0.2, 0.25) is 0 Å². The van der Waals surface area contributed by atoms with Gasteiger partial charge in [-0.2, -0.15) is 0 Å². The van der Waals surface area contributed by atoms with Crippen molar-refractivity contribution < 1.29 is 14.4 Å². The number of rotatable bonds is 11. The minimum atomic E-state index is -0.314. The number of fused-ring (bicyclic) bond motifs is 1. The molecule has 0 unspecified atom stereocenters. The molecule has 0 aliphatic carbocycles. The van der Waals surface area contributed by atoms with E-state index in [9.17, 15) is 14.4 Å². The molecule has 1 aromatic rings. The average molecular weight is 345 g/mol. The van der Waals surface area contributed by atoms with Crippen molar-refractivity contribution in [1.82, 2.24) is 10.2 Å². The Hall–Kier alpha value is -2.21. The van der Waals surface area contributed by atoms with E-state index in [2.05, 4.69) is 5.32 Å². The summed E-state index contributed by atoms with van der Waals surface area (Å²) in [6, 6.07) is 6.75. The Kier molecular flexibility index (Phi) is 7.60. The van der Waals surface area contributed by atoms with Crippen molar-refractivity contribution in [3.05, 3.63) is 35.4 Å². The molecule has 3 amide bonds. The maximum absolute atomic E-state index is 12.2. The second kappa shape index (κ2) is 9.93. The highest BCUT2D eigenvalue weighted by atomic mass is 16.2. The summed E-state index contributed by atoms with van der Waals surface area (Å²) >= 11 is 0. The van der Waals surface area contributed by atoms with Gasteiger partial charge in [-0.05, 0) is 31.5 Å². The van der Waals surface area contributed by atoms with Crippen molar-refractivity contribution in [2.75, 3.05) is 19.6 Å². The quantitative estimate of drug-likeness (QED) is 0.474. The van der Waals surface area contributed by atoms with Crippen LogP contribution in [0.5, 0.6) is 0 Å². The van der Waals surface area contributed by atoms with Crippen LogP contribution in [-0.4, -0.2) is 42.3 Å². The lowest BCUT2D eigenvalue weighted by atomic mass is 10.1. The van der Waals surface area contributed by atoms with E-state index in [1.807, 2.05) is 0 Å². The number of amides is 3. The van der Waals surface area contributed by atoms with E-state index in [1.54, 1.807) is 24.3 Å². The van der Waals surface area contributed by atoms with Crippen molar-refractivity contribution >= 4 is 17.7 Å². The second-order valence-corrected chi connectivity index (χ2v) is 6.32. The Balaban J connectivity index is 1.61. The number of hydrogen-bond acceptors (Lipinski definition) is 4. The molecule has 0 aromatic heterocycles. The zero-order valence-electron chi connectivity index (χ0n) is 14.6. The molecule has 1 heterocycles. The first kappa shape index (κ1) is 19.1. The molecule has 0 atom stereocenters. The Morgan fingerprint density at radius 3 is 2.08 bits per heavy atom. The molecule has 0 spiro atoms. The maximum Gasteiger partial charge on any atom is 0.261 e. The number of nitrogens with zero attached hydrogens (tertiary/aromatic N) is 1. The Morgan fingerprint density at radius 1 is 0.920 bits per heavy atom. The minimum Gasteiger partial charge on any atom is -0.356 e. The molecule has 6 heteroatoms. The number of unbranched alkanes of at least 4 members (excludes halogenated alkanes) is 5. The fraction of sp³-hybridized carbons (Fsp3) is 0.526. The molecular weight excluding hydrogens is 318 g/mol. The number of nitrogens with one attached hydrogen (secondary N) is 1. The van der Waals surface area contributed by atoms with Gasteiger partial charge in [0.25, 0.3) is 11.8 Å². The third kappa shape index (κ3) is 5.39. The van der Waals surface area contributed by atoms with Crippen LogP contribution in [0.3, 0.4) is 0 Å². The summed E-state index contributed by atoms with van der Waals surface area (Å²) in [4.78, 5) is 37.4. The molecule has 6 nitrogen and oxygen atoms in total. The Bertz CT molecular complexity index is 581. The largest absolute Gasteiger partial charge is 0.356 e. The van der Waals surface area contributed by atoms with Crippen LogP contribution in [0.25, 0.3) is 0 Å². The van der Waals surface area contributed by atoms with Crippen LogP contribution in [0.4, 0.5) is 0 Å². The van der Waals surface area contributed by atoms with Gasteiger partial charge in [-0.15, -0.1) is 0 Å². The van der Waals surface area contributed by atoms with Gasteiger partial charge in [0.2, 0.25) is 5.91 Å². The van der Waals surface area contributed by atoms with Gasteiger partial charge in [0.15, 0.2) is 0 Å². The summed E-state index contributed by atoms with van der Waals surface area (Å²) in [5.41, 5.74) is 6.28. The topological polar surface area (TPSA) is 92.5 Å². The lowest BCUT2D eigenvalue weighted by molar-refractivity contribution is -0.121. The smallest absolute Gasteiger partial charge is 0.261 e. The van der Waals surface area contributed by atoms with Gasteiger partial charge in [0.1, 0.15) is 0 Å². The van der Waals surface area contributed by atoms with E-state index in [1.165, 1.54) is 12.8 Å². The van der Waals surface area contributed by atoms with E-state index < -0.39 is 0 Å². The SMILES string of the molecule is NCCCCCCCCNC(=O)CCN1C(=O)c2ccccc2C1=O. The highest BCUT2D eigenvalue weighted by molar-refractivity contribution is 6.21. The first-order chi connectivity index (χ1) is 12.1. The number of imide groups is 1. The minimum absolute atomic E-state index is 0.122. The molecule has 3 N–H and O–H groups in total. The molecule has 2 rings (SSSR count). The number of benzene rings is 1.